The maximum absolute atomic E-state index is 12.5. The van der Waals surface area contributed by atoms with E-state index in [4.69, 9.17) is 34.8 Å². The Kier molecular flexibility index (Phi) is 4.63. The third-order valence-electron chi connectivity index (χ3n) is 2.73. The Morgan fingerprint density at radius 3 is 2.33 bits per heavy atom. The van der Waals surface area contributed by atoms with Crippen LogP contribution in [0.25, 0.3) is 0 Å². The van der Waals surface area contributed by atoms with Gasteiger partial charge in [0.15, 0.2) is 11.0 Å². The molecule has 1 aromatic heterocycles. The predicted molar refractivity (Wildman–Crippen MR) is 83.8 cm³/mol. The lowest BCUT2D eigenvalue weighted by molar-refractivity contribution is 0.600. The van der Waals surface area contributed by atoms with Crippen LogP contribution in [0.1, 0.15) is 11.1 Å². The second-order valence-electron chi connectivity index (χ2n) is 4.29. The van der Waals surface area contributed by atoms with E-state index < -0.39 is 10.0 Å². The summed E-state index contributed by atoms with van der Waals surface area (Å²) in [5, 5.41) is 7.81. The van der Waals surface area contributed by atoms with Crippen molar-refractivity contribution in [1.82, 2.24) is 10.2 Å². The Bertz CT molecular complexity index is 766. The number of nitrogens with one attached hydrogen (secondary N) is 1. The molecule has 0 atom stereocenters. The Morgan fingerprint density at radius 2 is 1.76 bits per heavy atom. The summed E-state index contributed by atoms with van der Waals surface area (Å²) in [5.74, 6) is 0.0347. The van der Waals surface area contributed by atoms with Gasteiger partial charge in [-0.2, -0.15) is 0 Å². The van der Waals surface area contributed by atoms with Crippen LogP contribution in [0.2, 0.25) is 15.2 Å². The molecule has 0 aliphatic carbocycles. The van der Waals surface area contributed by atoms with Crippen molar-refractivity contribution in [3.8, 4) is 0 Å². The first-order chi connectivity index (χ1) is 9.72. The summed E-state index contributed by atoms with van der Waals surface area (Å²) >= 11 is 17.7. The topological polar surface area (TPSA) is 72.0 Å². The van der Waals surface area contributed by atoms with Crippen LogP contribution in [0.3, 0.4) is 0 Å². The molecular weight excluding hydrogens is 357 g/mol. The van der Waals surface area contributed by atoms with Crippen LogP contribution in [-0.2, 0) is 10.0 Å². The van der Waals surface area contributed by atoms with E-state index in [1.54, 1.807) is 19.9 Å². The number of hydrogen-bond acceptors (Lipinski definition) is 4. The third-order valence-corrected chi connectivity index (χ3v) is 5.45. The van der Waals surface area contributed by atoms with E-state index in [1.807, 2.05) is 0 Å². The van der Waals surface area contributed by atoms with E-state index in [-0.39, 0.29) is 20.9 Å². The highest BCUT2D eigenvalue weighted by Crippen LogP contribution is 2.34. The number of aryl methyl sites for hydroxylation is 1. The number of nitrogens with zero attached hydrogens (tertiary/aromatic N) is 2. The number of aromatic nitrogens is 2. The molecule has 5 nitrogen and oxygen atoms in total. The molecule has 21 heavy (non-hydrogen) atoms. The van der Waals surface area contributed by atoms with Gasteiger partial charge in [-0.3, -0.25) is 4.72 Å². The SMILES string of the molecule is Cc1cc(Cl)c(C)c(S(=O)(=O)Nc2ccc(Cl)nn2)c1Cl. The number of benzene rings is 1. The number of anilines is 1. The molecule has 0 aliphatic heterocycles. The van der Waals surface area contributed by atoms with Gasteiger partial charge in [0.1, 0.15) is 4.90 Å². The van der Waals surface area contributed by atoms with Crippen LogP contribution >= 0.6 is 34.8 Å². The lowest BCUT2D eigenvalue weighted by atomic mass is 10.2. The second-order valence-corrected chi connectivity index (χ2v) is 7.08. The van der Waals surface area contributed by atoms with E-state index >= 15 is 0 Å². The highest BCUT2D eigenvalue weighted by Gasteiger charge is 2.24. The van der Waals surface area contributed by atoms with Gasteiger partial charge in [0, 0.05) is 5.02 Å². The van der Waals surface area contributed by atoms with E-state index in [2.05, 4.69) is 14.9 Å². The Balaban J connectivity index is 2.52. The third kappa shape index (κ3) is 3.40. The Labute approximate surface area is 137 Å². The molecule has 0 saturated carbocycles. The molecule has 0 spiro atoms. The first kappa shape index (κ1) is 16.3. The molecule has 1 N–H and O–H groups in total. The molecule has 2 aromatic rings. The van der Waals surface area contributed by atoms with Crippen molar-refractivity contribution in [1.29, 1.82) is 0 Å². The van der Waals surface area contributed by atoms with Crippen molar-refractivity contribution < 1.29 is 8.42 Å². The highest BCUT2D eigenvalue weighted by molar-refractivity contribution is 7.92. The molecule has 2 rings (SSSR count). The lowest BCUT2D eigenvalue weighted by Gasteiger charge is -2.14. The van der Waals surface area contributed by atoms with Crippen LogP contribution in [0, 0.1) is 13.8 Å². The normalized spacial score (nSPS) is 11.5. The maximum atomic E-state index is 12.5. The molecule has 0 radical (unpaired) electrons. The standard InChI is InChI=1S/C12H10Cl3N3O2S/c1-6-5-8(13)7(2)12(11(6)15)21(19,20)18-10-4-3-9(14)16-17-10/h3-5H,1-2H3,(H,17,18). The quantitative estimate of drug-likeness (QED) is 0.895. The van der Waals surface area contributed by atoms with E-state index in [0.717, 1.165) is 0 Å². The van der Waals surface area contributed by atoms with Gasteiger partial charge in [-0.1, -0.05) is 34.8 Å². The number of sulfonamides is 1. The van der Waals surface area contributed by atoms with Crippen molar-refractivity contribution >= 4 is 50.6 Å². The zero-order chi connectivity index (χ0) is 15.8. The van der Waals surface area contributed by atoms with Gasteiger partial charge in [-0.15, -0.1) is 10.2 Å². The van der Waals surface area contributed by atoms with Crippen LogP contribution < -0.4 is 4.72 Å². The number of hydrogen-bond donors (Lipinski definition) is 1. The fraction of sp³-hybridized carbons (Fsp3) is 0.167. The van der Waals surface area contributed by atoms with Gasteiger partial charge in [-0.25, -0.2) is 8.42 Å². The average molecular weight is 367 g/mol. The van der Waals surface area contributed by atoms with Gasteiger partial charge >= 0.3 is 0 Å². The predicted octanol–water partition coefficient (Wildman–Crippen LogP) is 3.85. The molecule has 0 bridgehead atoms. The molecule has 0 saturated heterocycles. The molecule has 0 aliphatic rings. The van der Waals surface area contributed by atoms with Crippen molar-refractivity contribution in [3.05, 3.63) is 44.5 Å². The van der Waals surface area contributed by atoms with Crippen molar-refractivity contribution in [2.24, 2.45) is 0 Å². The van der Waals surface area contributed by atoms with E-state index in [0.29, 0.717) is 16.1 Å². The Hall–Kier alpha value is -1.08. The molecule has 9 heteroatoms. The summed E-state index contributed by atoms with van der Waals surface area (Å²) in [7, 11) is -3.94. The van der Waals surface area contributed by atoms with E-state index in [9.17, 15) is 8.42 Å². The fourth-order valence-corrected chi connectivity index (χ4v) is 4.00. The van der Waals surface area contributed by atoms with Gasteiger partial charge in [0.2, 0.25) is 0 Å². The van der Waals surface area contributed by atoms with E-state index in [1.165, 1.54) is 12.1 Å². The molecule has 0 amide bonds. The first-order valence-electron chi connectivity index (χ1n) is 5.69. The summed E-state index contributed by atoms with van der Waals surface area (Å²) < 4.78 is 27.3. The van der Waals surface area contributed by atoms with Crippen LogP contribution in [0.4, 0.5) is 5.82 Å². The second kappa shape index (κ2) is 5.96. The van der Waals surface area contributed by atoms with Crippen molar-refractivity contribution in [2.75, 3.05) is 4.72 Å². The summed E-state index contributed by atoms with van der Waals surface area (Å²) in [6, 6.07) is 4.43. The summed E-state index contributed by atoms with van der Waals surface area (Å²) in [6.45, 7) is 3.25. The van der Waals surface area contributed by atoms with Crippen LogP contribution in [-0.4, -0.2) is 18.6 Å². The molecule has 0 fully saturated rings. The number of halogens is 3. The minimum atomic E-state index is -3.94. The highest BCUT2D eigenvalue weighted by atomic mass is 35.5. The fourth-order valence-electron chi connectivity index (χ4n) is 1.69. The molecule has 0 unspecified atom stereocenters. The molecular formula is C12H10Cl3N3O2S. The van der Waals surface area contributed by atoms with Gasteiger partial charge in [0.25, 0.3) is 10.0 Å². The molecule has 112 valence electrons. The zero-order valence-corrected chi connectivity index (χ0v) is 14.1. The van der Waals surface area contributed by atoms with Crippen LogP contribution in [0.5, 0.6) is 0 Å². The summed E-state index contributed by atoms with van der Waals surface area (Å²) in [4.78, 5) is -0.0779. The van der Waals surface area contributed by atoms with Crippen molar-refractivity contribution in [2.45, 2.75) is 18.7 Å². The maximum Gasteiger partial charge on any atom is 0.264 e. The first-order valence-corrected chi connectivity index (χ1v) is 8.31. The van der Waals surface area contributed by atoms with Gasteiger partial charge in [-0.05, 0) is 43.2 Å². The summed E-state index contributed by atoms with van der Waals surface area (Å²) in [5.41, 5.74) is 0.927. The van der Waals surface area contributed by atoms with Gasteiger partial charge in [0.05, 0.1) is 5.02 Å². The average Bonchev–Trinajstić information content (AvgIpc) is 2.39. The lowest BCUT2D eigenvalue weighted by Crippen LogP contribution is -2.16. The number of rotatable bonds is 3. The smallest absolute Gasteiger partial charge is 0.262 e. The Morgan fingerprint density at radius 1 is 1.10 bits per heavy atom. The minimum absolute atomic E-state index is 0.0347. The van der Waals surface area contributed by atoms with Crippen LogP contribution in [0.15, 0.2) is 23.1 Å². The van der Waals surface area contributed by atoms with Crippen molar-refractivity contribution in [3.63, 3.8) is 0 Å². The molecule has 1 aromatic carbocycles. The zero-order valence-electron chi connectivity index (χ0n) is 11.0. The monoisotopic (exact) mass is 365 g/mol. The largest absolute Gasteiger partial charge is 0.264 e. The molecule has 1 heterocycles. The minimum Gasteiger partial charge on any atom is -0.262 e. The van der Waals surface area contributed by atoms with Gasteiger partial charge < -0.3 is 0 Å². The summed E-state index contributed by atoms with van der Waals surface area (Å²) in [6.07, 6.45) is 0.